The van der Waals surface area contributed by atoms with Crippen LogP contribution in [-0.2, 0) is 31.2 Å². The number of hydrogen-bond acceptors (Lipinski definition) is 4. The molecular formula is C18H21O5P. The van der Waals surface area contributed by atoms with Crippen molar-refractivity contribution in [2.45, 2.75) is 18.5 Å². The summed E-state index contributed by atoms with van der Waals surface area (Å²) in [5.74, 6) is -1.19. The van der Waals surface area contributed by atoms with Gasteiger partial charge in [-0.05, 0) is 24.0 Å². The Hall–Kier alpha value is -1.94. The van der Waals surface area contributed by atoms with E-state index < -0.39 is 19.2 Å². The predicted molar refractivity (Wildman–Crippen MR) is 92.3 cm³/mol. The molecule has 2 atom stereocenters. The molecule has 0 aliphatic rings. The van der Waals surface area contributed by atoms with Gasteiger partial charge >= 0.3 is 13.6 Å². The lowest BCUT2D eigenvalue weighted by Crippen LogP contribution is -2.25. The zero-order valence-electron chi connectivity index (χ0n) is 13.5. The maximum Gasteiger partial charge on any atom is 0.344 e. The SMILES string of the molecule is COP(=O)(OCCc1ccccc1)C(Cc1ccccc1)C(=O)O. The fraction of sp³-hybridized carbons (Fsp3) is 0.278. The number of carboxylic acid groups (broad SMARTS) is 1. The summed E-state index contributed by atoms with van der Waals surface area (Å²) in [7, 11) is -2.54. The first-order valence-corrected chi connectivity index (χ1v) is 9.27. The van der Waals surface area contributed by atoms with Crippen LogP contribution in [0.25, 0.3) is 0 Å². The van der Waals surface area contributed by atoms with Crippen molar-refractivity contribution in [3.63, 3.8) is 0 Å². The molecule has 2 aromatic rings. The highest BCUT2D eigenvalue weighted by atomic mass is 31.2. The molecule has 0 aromatic heterocycles. The summed E-state index contributed by atoms with van der Waals surface area (Å²) in [5, 5.41) is 9.49. The summed E-state index contributed by atoms with van der Waals surface area (Å²) in [6, 6.07) is 18.6. The molecule has 0 radical (unpaired) electrons. The van der Waals surface area contributed by atoms with Crippen molar-refractivity contribution in [1.29, 1.82) is 0 Å². The Balaban J connectivity index is 2.06. The van der Waals surface area contributed by atoms with Crippen LogP contribution in [0.1, 0.15) is 11.1 Å². The maximum atomic E-state index is 12.9. The average molecular weight is 348 g/mol. The molecule has 2 aromatic carbocycles. The van der Waals surface area contributed by atoms with Gasteiger partial charge in [-0.2, -0.15) is 0 Å². The Morgan fingerprint density at radius 2 is 1.58 bits per heavy atom. The second-order valence-electron chi connectivity index (χ2n) is 5.33. The van der Waals surface area contributed by atoms with Crippen LogP contribution in [0.4, 0.5) is 0 Å². The molecule has 0 saturated heterocycles. The predicted octanol–water partition coefficient (Wildman–Crippen LogP) is 3.78. The van der Waals surface area contributed by atoms with Crippen LogP contribution in [0.3, 0.4) is 0 Å². The van der Waals surface area contributed by atoms with Crippen molar-refractivity contribution in [2.24, 2.45) is 0 Å². The van der Waals surface area contributed by atoms with Crippen molar-refractivity contribution in [1.82, 2.24) is 0 Å². The van der Waals surface area contributed by atoms with Crippen molar-refractivity contribution in [3.05, 3.63) is 71.8 Å². The molecule has 2 rings (SSSR count). The zero-order valence-corrected chi connectivity index (χ0v) is 14.4. The minimum atomic E-state index is -3.77. The fourth-order valence-electron chi connectivity index (χ4n) is 2.38. The third-order valence-electron chi connectivity index (χ3n) is 3.70. The molecule has 5 nitrogen and oxygen atoms in total. The summed E-state index contributed by atoms with van der Waals surface area (Å²) in [6.45, 7) is 0.133. The minimum absolute atomic E-state index is 0.0899. The van der Waals surface area contributed by atoms with E-state index in [0.29, 0.717) is 6.42 Å². The third-order valence-corrected chi connectivity index (χ3v) is 5.92. The van der Waals surface area contributed by atoms with Gasteiger partial charge in [-0.25, -0.2) is 0 Å². The summed E-state index contributed by atoms with van der Waals surface area (Å²) in [5.41, 5.74) is 0.560. The lowest BCUT2D eigenvalue weighted by Gasteiger charge is -2.22. The number of hydrogen-bond donors (Lipinski definition) is 1. The normalized spacial score (nSPS) is 14.7. The van der Waals surface area contributed by atoms with Crippen LogP contribution in [0.5, 0.6) is 0 Å². The van der Waals surface area contributed by atoms with Crippen LogP contribution in [0, 0.1) is 0 Å². The van der Waals surface area contributed by atoms with Gasteiger partial charge in [0, 0.05) is 7.11 Å². The van der Waals surface area contributed by atoms with Crippen molar-refractivity contribution in [3.8, 4) is 0 Å². The third kappa shape index (κ3) is 5.03. The van der Waals surface area contributed by atoms with Gasteiger partial charge in [0.1, 0.15) is 0 Å². The second-order valence-corrected chi connectivity index (χ2v) is 7.66. The quantitative estimate of drug-likeness (QED) is 0.698. The Morgan fingerprint density at radius 1 is 1.04 bits per heavy atom. The highest BCUT2D eigenvalue weighted by Crippen LogP contribution is 2.53. The molecule has 0 aliphatic carbocycles. The average Bonchev–Trinajstić information content (AvgIpc) is 2.61. The molecule has 0 spiro atoms. The number of rotatable bonds is 9. The minimum Gasteiger partial charge on any atom is -0.481 e. The summed E-state index contributed by atoms with van der Waals surface area (Å²) in [6.07, 6.45) is 0.624. The highest BCUT2D eigenvalue weighted by Gasteiger charge is 2.40. The lowest BCUT2D eigenvalue weighted by molar-refractivity contribution is -0.137. The molecule has 0 saturated carbocycles. The Morgan fingerprint density at radius 3 is 2.08 bits per heavy atom. The van der Waals surface area contributed by atoms with E-state index in [1.165, 1.54) is 7.11 Å². The molecular weight excluding hydrogens is 327 g/mol. The van der Waals surface area contributed by atoms with Crippen LogP contribution >= 0.6 is 7.60 Å². The molecule has 0 heterocycles. The first-order chi connectivity index (χ1) is 11.5. The topological polar surface area (TPSA) is 72.8 Å². The van der Waals surface area contributed by atoms with Crippen molar-refractivity contribution >= 4 is 13.6 Å². The monoisotopic (exact) mass is 348 g/mol. The summed E-state index contributed by atoms with van der Waals surface area (Å²) < 4.78 is 23.3. The lowest BCUT2D eigenvalue weighted by atomic mass is 10.1. The van der Waals surface area contributed by atoms with Gasteiger partial charge < -0.3 is 14.2 Å². The van der Waals surface area contributed by atoms with Gasteiger partial charge in [0.15, 0.2) is 5.66 Å². The highest BCUT2D eigenvalue weighted by molar-refractivity contribution is 7.55. The van der Waals surface area contributed by atoms with Crippen LogP contribution in [0.2, 0.25) is 0 Å². The standard InChI is InChI=1S/C18H21O5P/c1-22-24(21,23-13-12-15-8-4-2-5-9-15)17(18(19)20)14-16-10-6-3-7-11-16/h2-11,17H,12-14H2,1H3,(H,19,20). The van der Waals surface area contributed by atoms with Crippen molar-refractivity contribution in [2.75, 3.05) is 13.7 Å². The van der Waals surface area contributed by atoms with E-state index in [1.54, 1.807) is 12.1 Å². The van der Waals surface area contributed by atoms with E-state index >= 15 is 0 Å². The summed E-state index contributed by atoms with van der Waals surface area (Å²) in [4.78, 5) is 11.6. The van der Waals surface area contributed by atoms with Gasteiger partial charge in [0.25, 0.3) is 0 Å². The Bertz CT molecular complexity index is 687. The van der Waals surface area contributed by atoms with Crippen LogP contribution in [-0.4, -0.2) is 30.5 Å². The van der Waals surface area contributed by atoms with Crippen LogP contribution < -0.4 is 0 Å². The Labute approximate surface area is 141 Å². The van der Waals surface area contributed by atoms with Gasteiger partial charge in [-0.3, -0.25) is 9.36 Å². The molecule has 128 valence electrons. The molecule has 0 aliphatic heterocycles. The number of benzene rings is 2. The maximum absolute atomic E-state index is 12.9. The molecule has 0 bridgehead atoms. The van der Waals surface area contributed by atoms with E-state index in [2.05, 4.69) is 0 Å². The Kier molecular flexibility index (Phi) is 6.73. The van der Waals surface area contributed by atoms with Gasteiger partial charge in [-0.15, -0.1) is 0 Å². The van der Waals surface area contributed by atoms with E-state index in [0.717, 1.165) is 11.1 Å². The van der Waals surface area contributed by atoms with E-state index in [4.69, 9.17) is 9.05 Å². The van der Waals surface area contributed by atoms with Gasteiger partial charge in [-0.1, -0.05) is 60.7 Å². The number of aliphatic carboxylic acids is 1. The second kappa shape index (κ2) is 8.78. The molecule has 0 amide bonds. The van der Waals surface area contributed by atoms with Crippen molar-refractivity contribution < 1.29 is 23.5 Å². The molecule has 2 unspecified atom stereocenters. The van der Waals surface area contributed by atoms with E-state index in [9.17, 15) is 14.5 Å². The van der Waals surface area contributed by atoms with E-state index in [1.807, 2.05) is 48.5 Å². The first-order valence-electron chi connectivity index (χ1n) is 7.66. The number of carbonyl (C=O) groups is 1. The number of carboxylic acids is 1. The van der Waals surface area contributed by atoms with Gasteiger partial charge in [0.05, 0.1) is 6.61 Å². The first kappa shape index (κ1) is 18.4. The van der Waals surface area contributed by atoms with E-state index in [-0.39, 0.29) is 13.0 Å². The van der Waals surface area contributed by atoms with Gasteiger partial charge in [0.2, 0.25) is 0 Å². The molecule has 24 heavy (non-hydrogen) atoms. The molecule has 1 N–H and O–H groups in total. The van der Waals surface area contributed by atoms with Crippen LogP contribution in [0.15, 0.2) is 60.7 Å². The largest absolute Gasteiger partial charge is 0.481 e. The fourth-order valence-corrected chi connectivity index (χ4v) is 3.97. The molecule has 0 fully saturated rings. The zero-order chi connectivity index (χ0) is 17.4. The smallest absolute Gasteiger partial charge is 0.344 e. The summed E-state index contributed by atoms with van der Waals surface area (Å²) >= 11 is 0. The molecule has 6 heteroatoms.